The van der Waals surface area contributed by atoms with Crippen LogP contribution in [0.5, 0.6) is 5.75 Å². The Bertz CT molecular complexity index is 3740. The van der Waals surface area contributed by atoms with Crippen LogP contribution >= 0.6 is 0 Å². The second-order valence-corrected chi connectivity index (χ2v) is 19.2. The standard InChI is InChI=1S/C62H45N3O/c1-61(2)54-32-40(41-23-27-49-51-29-25-45(66-5)35-57(51)62(3,4)55(49)33-41)22-26-48(54)50-28-24-44(34-56(50)61)60-64-58(42-20-18-38-16-14-36-10-6-8-12-46(36)52(38)30-42)63-59(65-60)43-21-19-39-17-15-37-11-7-9-13-47(37)53(39)31-43/h6-35H,1-5H3. The lowest BCUT2D eigenvalue weighted by Crippen LogP contribution is -2.15. The van der Waals surface area contributed by atoms with E-state index >= 15 is 0 Å². The zero-order valence-electron chi connectivity index (χ0n) is 37.6. The van der Waals surface area contributed by atoms with Crippen LogP contribution in [0.3, 0.4) is 0 Å². The summed E-state index contributed by atoms with van der Waals surface area (Å²) >= 11 is 0. The van der Waals surface area contributed by atoms with Crippen molar-refractivity contribution in [3.63, 3.8) is 0 Å². The summed E-state index contributed by atoms with van der Waals surface area (Å²) in [5.74, 6) is 2.85. The molecule has 0 radical (unpaired) electrons. The van der Waals surface area contributed by atoms with Crippen LogP contribution < -0.4 is 4.74 Å². The van der Waals surface area contributed by atoms with Crippen LogP contribution in [0.4, 0.5) is 0 Å². The second-order valence-electron chi connectivity index (χ2n) is 19.2. The fourth-order valence-corrected chi connectivity index (χ4v) is 11.1. The zero-order valence-corrected chi connectivity index (χ0v) is 37.6. The number of methoxy groups -OCH3 is 1. The lowest BCUT2D eigenvalue weighted by atomic mass is 9.80. The van der Waals surface area contributed by atoms with Crippen LogP contribution in [0.1, 0.15) is 49.9 Å². The minimum atomic E-state index is -0.267. The highest BCUT2D eigenvalue weighted by molar-refractivity contribution is 6.10. The Kier molecular flexibility index (Phi) is 8.18. The van der Waals surface area contributed by atoms with Crippen molar-refractivity contribution in [1.29, 1.82) is 0 Å². The number of benzene rings is 10. The summed E-state index contributed by atoms with van der Waals surface area (Å²) < 4.78 is 5.63. The van der Waals surface area contributed by atoms with Crippen molar-refractivity contribution in [3.05, 3.63) is 204 Å². The Morgan fingerprint density at radius 1 is 0.318 bits per heavy atom. The molecule has 0 N–H and O–H groups in total. The quantitative estimate of drug-likeness (QED) is 0.162. The molecule has 4 heteroatoms. The van der Waals surface area contributed by atoms with Gasteiger partial charge < -0.3 is 4.74 Å². The molecule has 10 aromatic carbocycles. The summed E-state index contributed by atoms with van der Waals surface area (Å²) in [7, 11) is 1.74. The first-order chi connectivity index (χ1) is 32.1. The maximum Gasteiger partial charge on any atom is 0.164 e. The number of nitrogens with zero attached hydrogens (tertiary/aromatic N) is 3. The third-order valence-corrected chi connectivity index (χ3v) is 14.8. The molecule has 0 unspecified atom stereocenters. The van der Waals surface area contributed by atoms with Gasteiger partial charge in [0.15, 0.2) is 17.5 Å². The highest BCUT2D eigenvalue weighted by Crippen LogP contribution is 2.53. The van der Waals surface area contributed by atoms with Crippen LogP contribution in [0.15, 0.2) is 182 Å². The van der Waals surface area contributed by atoms with Gasteiger partial charge in [-0.3, -0.25) is 0 Å². The average Bonchev–Trinajstić information content (AvgIpc) is 3.73. The fourth-order valence-electron chi connectivity index (χ4n) is 11.1. The summed E-state index contributed by atoms with van der Waals surface area (Å²) in [4.78, 5) is 15.9. The molecule has 314 valence electrons. The zero-order chi connectivity index (χ0) is 44.5. The summed E-state index contributed by atoms with van der Waals surface area (Å²) in [5, 5.41) is 9.56. The van der Waals surface area contributed by atoms with E-state index in [1.807, 2.05) is 0 Å². The lowest BCUT2D eigenvalue weighted by molar-refractivity contribution is 0.413. The van der Waals surface area contributed by atoms with Crippen LogP contribution in [0, 0.1) is 0 Å². The van der Waals surface area contributed by atoms with E-state index in [9.17, 15) is 0 Å². The van der Waals surface area contributed by atoms with Gasteiger partial charge in [-0.25, -0.2) is 15.0 Å². The molecule has 0 amide bonds. The van der Waals surface area contributed by atoms with E-state index in [0.29, 0.717) is 17.5 Å². The number of hydrogen-bond acceptors (Lipinski definition) is 4. The summed E-state index contributed by atoms with van der Waals surface area (Å²) in [6.45, 7) is 9.35. The first-order valence-electron chi connectivity index (χ1n) is 22.9. The molecule has 11 aromatic rings. The molecule has 1 heterocycles. The molecular weight excluding hydrogens is 803 g/mol. The van der Waals surface area contributed by atoms with Gasteiger partial charge in [-0.1, -0.05) is 167 Å². The van der Waals surface area contributed by atoms with E-state index in [4.69, 9.17) is 19.7 Å². The number of aromatic nitrogens is 3. The first kappa shape index (κ1) is 38.5. The summed E-state index contributed by atoms with van der Waals surface area (Å²) in [6, 6.07) is 66.4. The molecule has 13 rings (SSSR count). The maximum absolute atomic E-state index is 5.63. The molecular formula is C62H45N3O. The third kappa shape index (κ3) is 5.74. The average molecular weight is 848 g/mol. The molecule has 0 aliphatic heterocycles. The van der Waals surface area contributed by atoms with Gasteiger partial charge in [-0.2, -0.15) is 0 Å². The first-order valence-corrected chi connectivity index (χ1v) is 22.9. The molecule has 0 bridgehead atoms. The number of fused-ring (bicyclic) bond motifs is 12. The Hall–Kier alpha value is -7.95. The van der Waals surface area contributed by atoms with E-state index in [-0.39, 0.29) is 10.8 Å². The monoisotopic (exact) mass is 847 g/mol. The molecule has 0 saturated heterocycles. The van der Waals surface area contributed by atoms with Crippen molar-refractivity contribution < 1.29 is 4.74 Å². The van der Waals surface area contributed by atoms with Crippen LogP contribution in [-0.4, -0.2) is 22.1 Å². The topological polar surface area (TPSA) is 47.9 Å². The largest absolute Gasteiger partial charge is 0.497 e. The minimum Gasteiger partial charge on any atom is -0.497 e. The molecule has 0 saturated carbocycles. The molecule has 4 nitrogen and oxygen atoms in total. The molecule has 2 aliphatic rings. The number of rotatable bonds is 5. The SMILES string of the molecule is COc1ccc2c(c1)C(C)(C)c1cc(-c3ccc4c(c3)C(C)(C)c3cc(-c5nc(-c6ccc7ccc8ccccc8c7c6)nc(-c6ccc7ccc8ccccc8c7c6)n5)ccc3-4)ccc1-2. The van der Waals surface area contributed by atoms with Crippen LogP contribution in [0.2, 0.25) is 0 Å². The van der Waals surface area contributed by atoms with Gasteiger partial charge in [-0.05, 0) is 141 Å². The van der Waals surface area contributed by atoms with Gasteiger partial charge in [0.05, 0.1) is 7.11 Å². The van der Waals surface area contributed by atoms with Gasteiger partial charge in [0, 0.05) is 27.5 Å². The van der Waals surface area contributed by atoms with E-state index in [0.717, 1.165) is 22.4 Å². The number of ether oxygens (including phenoxy) is 1. The predicted octanol–water partition coefficient (Wildman–Crippen LogP) is 15.8. The molecule has 0 spiro atoms. The van der Waals surface area contributed by atoms with Crippen LogP contribution in [-0.2, 0) is 10.8 Å². The minimum absolute atomic E-state index is 0.141. The van der Waals surface area contributed by atoms with Gasteiger partial charge in [0.1, 0.15) is 5.75 Å². The van der Waals surface area contributed by atoms with Gasteiger partial charge >= 0.3 is 0 Å². The Morgan fingerprint density at radius 2 is 0.652 bits per heavy atom. The van der Waals surface area contributed by atoms with Crippen molar-refractivity contribution in [1.82, 2.24) is 15.0 Å². The van der Waals surface area contributed by atoms with Gasteiger partial charge in [-0.15, -0.1) is 0 Å². The van der Waals surface area contributed by atoms with E-state index < -0.39 is 0 Å². The molecule has 2 aliphatic carbocycles. The van der Waals surface area contributed by atoms with E-state index in [1.165, 1.54) is 98.7 Å². The van der Waals surface area contributed by atoms with Gasteiger partial charge in [0.2, 0.25) is 0 Å². The van der Waals surface area contributed by atoms with Crippen molar-refractivity contribution in [2.24, 2.45) is 0 Å². The van der Waals surface area contributed by atoms with Crippen molar-refractivity contribution >= 4 is 43.1 Å². The molecule has 0 atom stereocenters. The molecule has 1 aromatic heterocycles. The Morgan fingerprint density at radius 3 is 1.11 bits per heavy atom. The normalized spacial score (nSPS) is 14.1. The van der Waals surface area contributed by atoms with E-state index in [2.05, 4.69) is 210 Å². The van der Waals surface area contributed by atoms with E-state index in [1.54, 1.807) is 7.11 Å². The molecule has 66 heavy (non-hydrogen) atoms. The second kappa shape index (κ2) is 14.0. The lowest BCUT2D eigenvalue weighted by Gasteiger charge is -2.23. The Balaban J connectivity index is 0.925. The highest BCUT2D eigenvalue weighted by Gasteiger charge is 2.38. The van der Waals surface area contributed by atoms with Crippen molar-refractivity contribution in [3.8, 4) is 73.3 Å². The molecule has 0 fully saturated rings. The van der Waals surface area contributed by atoms with Crippen molar-refractivity contribution in [2.75, 3.05) is 7.11 Å². The Labute approximate surface area is 384 Å². The summed E-state index contributed by atoms with van der Waals surface area (Å²) in [6.07, 6.45) is 0. The fraction of sp³-hybridized carbons (Fsp3) is 0.113. The highest BCUT2D eigenvalue weighted by atomic mass is 16.5. The van der Waals surface area contributed by atoms with Gasteiger partial charge in [0.25, 0.3) is 0 Å². The summed E-state index contributed by atoms with van der Waals surface area (Å²) in [5.41, 5.74) is 15.3. The maximum atomic E-state index is 5.63. The van der Waals surface area contributed by atoms with Crippen LogP contribution in [0.25, 0.3) is 111 Å². The third-order valence-electron chi connectivity index (χ3n) is 14.8. The smallest absolute Gasteiger partial charge is 0.164 e. The predicted molar refractivity (Wildman–Crippen MR) is 273 cm³/mol. The van der Waals surface area contributed by atoms with Crippen molar-refractivity contribution in [2.45, 2.75) is 38.5 Å². The number of hydrogen-bond donors (Lipinski definition) is 0.